The van der Waals surface area contributed by atoms with Gasteiger partial charge in [0.05, 0.1) is 45.2 Å². The molecule has 6 heterocycles. The van der Waals surface area contributed by atoms with E-state index in [2.05, 4.69) is 20.9 Å². The van der Waals surface area contributed by atoms with Crippen molar-refractivity contribution in [3.63, 3.8) is 0 Å². The van der Waals surface area contributed by atoms with Crippen LogP contribution in [0.15, 0.2) is 45.6 Å². The zero-order valence-electron chi connectivity index (χ0n) is 27.3. The number of anilines is 2. The third-order valence-electron chi connectivity index (χ3n) is 10.6. The summed E-state index contributed by atoms with van der Waals surface area (Å²) in [4.78, 5) is 17.8. The number of pyridine rings is 1. The van der Waals surface area contributed by atoms with Gasteiger partial charge >= 0.3 is 6.01 Å². The number of ether oxygens (including phenoxy) is 2. The van der Waals surface area contributed by atoms with Gasteiger partial charge < -0.3 is 25.8 Å². The number of hydrogen-bond acceptors (Lipinski definition) is 12. The summed E-state index contributed by atoms with van der Waals surface area (Å²) in [6, 6.07) is 6.69. The molecule has 11 nitrogen and oxygen atoms in total. The predicted octanol–water partition coefficient (Wildman–Crippen LogP) is 6.08. The van der Waals surface area contributed by atoms with Gasteiger partial charge in [-0.3, -0.25) is 4.90 Å². The molecule has 3 aromatic rings. The van der Waals surface area contributed by atoms with Crippen molar-refractivity contribution in [1.82, 2.24) is 19.9 Å². The van der Waals surface area contributed by atoms with Gasteiger partial charge in [0.25, 0.3) is 0 Å². The lowest BCUT2D eigenvalue weighted by Gasteiger charge is -2.32. The first-order valence-electron chi connectivity index (χ1n) is 16.5. The summed E-state index contributed by atoms with van der Waals surface area (Å²) < 4.78 is 59.6. The second-order valence-electron chi connectivity index (χ2n) is 13.4. The maximum atomic E-state index is 17.3. The zero-order chi connectivity index (χ0) is 35.8. The monoisotopic (exact) mass is 733 g/mol. The van der Waals surface area contributed by atoms with E-state index >= 15 is 8.78 Å². The smallest absolute Gasteiger partial charge is 0.319 e. The molecule has 0 spiro atoms. The topological polar surface area (TPSA) is 163 Å². The van der Waals surface area contributed by atoms with Gasteiger partial charge in [0.1, 0.15) is 54.1 Å². The Morgan fingerprint density at radius 2 is 2.02 bits per heavy atom. The van der Waals surface area contributed by atoms with Gasteiger partial charge in [0.15, 0.2) is 11.6 Å². The maximum Gasteiger partial charge on any atom is 0.319 e. The lowest BCUT2D eigenvalue weighted by Crippen LogP contribution is -2.43. The summed E-state index contributed by atoms with van der Waals surface area (Å²) in [5.41, 5.74) is 12.6. The van der Waals surface area contributed by atoms with E-state index < -0.39 is 41.2 Å². The van der Waals surface area contributed by atoms with Crippen LogP contribution in [0.4, 0.5) is 24.8 Å². The molecule has 5 atom stereocenters. The predicted molar refractivity (Wildman–Crippen MR) is 186 cm³/mol. The minimum Gasteiger partial charge on any atom is -0.489 e. The lowest BCUT2D eigenvalue weighted by molar-refractivity contribution is 0.107. The summed E-state index contributed by atoms with van der Waals surface area (Å²) in [6.07, 6.45) is 3.66. The van der Waals surface area contributed by atoms with Crippen molar-refractivity contribution in [3.05, 3.63) is 73.3 Å². The number of benzene rings is 1. The molecule has 0 amide bonds. The summed E-state index contributed by atoms with van der Waals surface area (Å²) in [5, 5.41) is 19.6. The van der Waals surface area contributed by atoms with Crippen molar-refractivity contribution in [2.24, 2.45) is 11.7 Å². The van der Waals surface area contributed by atoms with E-state index in [4.69, 9.17) is 37.5 Å². The molecule has 2 aromatic heterocycles. The van der Waals surface area contributed by atoms with Crippen LogP contribution in [0.2, 0.25) is 5.02 Å². The molecule has 0 saturated carbocycles. The van der Waals surface area contributed by atoms with E-state index in [0.29, 0.717) is 18.5 Å². The van der Waals surface area contributed by atoms with Gasteiger partial charge in [-0.05, 0) is 38.5 Å². The number of nitrogens with zero attached hydrogens (tertiary/aromatic N) is 7. The second-order valence-corrected chi connectivity index (χ2v) is 14.8. The highest BCUT2D eigenvalue weighted by molar-refractivity contribution is 8.07. The number of rotatable bonds is 6. The van der Waals surface area contributed by atoms with E-state index in [9.17, 15) is 14.9 Å². The number of halogens is 4. The molecule has 0 bridgehead atoms. The molecule has 2 unspecified atom stereocenters. The molecule has 2 saturated heterocycles. The van der Waals surface area contributed by atoms with Crippen molar-refractivity contribution < 1.29 is 22.6 Å². The number of nitrogen functional groups attached to an aromatic ring is 1. The number of hydrogen-bond donors (Lipinski definition) is 2. The van der Waals surface area contributed by atoms with Crippen molar-refractivity contribution in [1.29, 1.82) is 10.5 Å². The number of allylic oxidation sites excluding steroid dienone is 5. The van der Waals surface area contributed by atoms with Crippen molar-refractivity contribution in [2.45, 2.75) is 49.9 Å². The molecule has 1 aromatic carbocycles. The molecule has 0 radical (unpaired) electrons. The van der Waals surface area contributed by atoms with Crippen LogP contribution >= 0.6 is 23.4 Å². The molecule has 262 valence electrons. The Morgan fingerprint density at radius 3 is 2.78 bits per heavy atom. The molecule has 16 heteroatoms. The highest BCUT2D eigenvalue weighted by atomic mass is 35.5. The Hall–Kier alpha value is -4.70. The van der Waals surface area contributed by atoms with Crippen molar-refractivity contribution in [2.75, 3.05) is 43.5 Å². The van der Waals surface area contributed by atoms with Crippen LogP contribution in [0.1, 0.15) is 55.0 Å². The average Bonchev–Trinajstić information content (AvgIpc) is 3.71. The van der Waals surface area contributed by atoms with Gasteiger partial charge in [-0.25, -0.2) is 18.2 Å². The standard InChI is InChI=1S/C35H31ClF3N9O2S/c1-16(19-4-3-18(12-40)44-31(19)42)48-9-10-49-29-25-28(45-34(46-33(25)48)50-15-35-7-2-8-47(35)14-17(37)11-35)27(39)24(26(29)36)20-5-6-22(38)30-23(20)21(13-41)32(43)51-30/h3-6,16-17,20,23H,2,7-11,14-15,43H2,1H3,(H2,42,44)/t16-,17-,20?,23?,35+/m1/s1. The highest BCUT2D eigenvalue weighted by Gasteiger charge is 2.50. The first kappa shape index (κ1) is 33.4. The van der Waals surface area contributed by atoms with E-state index in [1.165, 1.54) is 12.2 Å². The van der Waals surface area contributed by atoms with Crippen LogP contribution in [0.3, 0.4) is 0 Å². The van der Waals surface area contributed by atoms with E-state index in [1.54, 1.807) is 12.1 Å². The van der Waals surface area contributed by atoms with Crippen LogP contribution in [-0.2, 0) is 0 Å². The summed E-state index contributed by atoms with van der Waals surface area (Å²) >= 11 is 8.01. The Labute approximate surface area is 300 Å². The zero-order valence-corrected chi connectivity index (χ0v) is 28.9. The quantitative estimate of drug-likeness (QED) is 0.301. The lowest BCUT2D eigenvalue weighted by atomic mass is 9.78. The number of nitriles is 2. The minimum absolute atomic E-state index is 0.0391. The van der Waals surface area contributed by atoms with Crippen molar-refractivity contribution in [3.8, 4) is 23.9 Å². The minimum atomic E-state index is -0.983. The number of thioether (sulfide) groups is 1. The van der Waals surface area contributed by atoms with Crippen LogP contribution < -0.4 is 25.8 Å². The molecule has 4 aliphatic heterocycles. The molecule has 2 fully saturated rings. The normalized spacial score (nSPS) is 26.1. The fraction of sp³-hybridized carbons (Fsp3) is 0.400. The molecule has 4 N–H and O–H groups in total. The SMILES string of the molecule is C[C@H](c1ccc(C#N)nc1N)N1CCOc2c(Cl)c(C3C=CC(F)=C4SC(N)=C(C#N)C43)c(F)c3nc(OC[C@@]45CCCN4C[C@H](F)C5)nc1c23. The molecule has 8 rings (SSSR count). The van der Waals surface area contributed by atoms with E-state index in [1.807, 2.05) is 17.9 Å². The number of nitrogens with two attached hydrogens (primary N) is 2. The first-order valence-corrected chi connectivity index (χ1v) is 17.7. The Balaban J connectivity index is 1.30. The Kier molecular flexibility index (Phi) is 8.20. The van der Waals surface area contributed by atoms with Gasteiger partial charge in [-0.2, -0.15) is 20.5 Å². The number of aromatic nitrogens is 3. The third kappa shape index (κ3) is 5.24. The third-order valence-corrected chi connectivity index (χ3v) is 12.1. The summed E-state index contributed by atoms with van der Waals surface area (Å²) in [7, 11) is 0. The summed E-state index contributed by atoms with van der Waals surface area (Å²) in [6.45, 7) is 3.38. The van der Waals surface area contributed by atoms with Crippen LogP contribution in [-0.4, -0.2) is 64.4 Å². The molecular weight excluding hydrogens is 703 g/mol. The molecule has 1 aliphatic carbocycles. The largest absolute Gasteiger partial charge is 0.489 e. The maximum absolute atomic E-state index is 17.3. The van der Waals surface area contributed by atoms with Gasteiger partial charge in [0.2, 0.25) is 0 Å². The second kappa shape index (κ2) is 12.5. The van der Waals surface area contributed by atoms with Gasteiger partial charge in [0, 0.05) is 40.8 Å². The van der Waals surface area contributed by atoms with Gasteiger partial charge in [-0.15, -0.1) is 0 Å². The molecule has 51 heavy (non-hydrogen) atoms. The van der Waals surface area contributed by atoms with Crippen molar-refractivity contribution >= 4 is 45.9 Å². The number of fused-ring (bicyclic) bond motifs is 2. The van der Waals surface area contributed by atoms with Crippen LogP contribution in [0.5, 0.6) is 11.8 Å². The van der Waals surface area contributed by atoms with E-state index in [-0.39, 0.29) is 85.8 Å². The Morgan fingerprint density at radius 1 is 1.20 bits per heavy atom. The van der Waals surface area contributed by atoms with E-state index in [0.717, 1.165) is 31.1 Å². The fourth-order valence-electron chi connectivity index (χ4n) is 8.23. The van der Waals surface area contributed by atoms with Crippen LogP contribution in [0, 0.1) is 34.4 Å². The highest BCUT2D eigenvalue weighted by Crippen LogP contribution is 2.57. The average molecular weight is 734 g/mol. The molecular formula is C35H31ClF3N9O2S. The van der Waals surface area contributed by atoms with Crippen LogP contribution in [0.25, 0.3) is 10.9 Å². The fourth-order valence-corrected chi connectivity index (χ4v) is 9.66. The summed E-state index contributed by atoms with van der Waals surface area (Å²) in [5.74, 6) is -2.69. The Bertz CT molecular complexity index is 2190. The van der Waals surface area contributed by atoms with Gasteiger partial charge in [-0.1, -0.05) is 35.5 Å². The number of alkyl halides is 1. The first-order chi connectivity index (χ1) is 24.5. The molecule has 5 aliphatic rings.